The second-order valence-corrected chi connectivity index (χ2v) is 9.74. The Balaban J connectivity index is 1.67. The van der Waals surface area contributed by atoms with Crippen LogP contribution in [0.15, 0.2) is 79.0 Å². The average Bonchev–Trinajstić information content (AvgIpc) is 3.35. The summed E-state index contributed by atoms with van der Waals surface area (Å²) in [6.07, 6.45) is 1.81. The predicted octanol–water partition coefficient (Wildman–Crippen LogP) is 6.93. The van der Waals surface area contributed by atoms with E-state index >= 15 is 0 Å². The largest absolute Gasteiger partial charge is 0.351 e. The van der Waals surface area contributed by atoms with Crippen LogP contribution >= 0.6 is 12.2 Å². The third-order valence-electron chi connectivity index (χ3n) is 6.82. The highest BCUT2D eigenvalue weighted by Crippen LogP contribution is 2.44. The molecule has 2 aromatic heterocycles. The summed E-state index contributed by atoms with van der Waals surface area (Å²) in [5.41, 5.74) is 6.79. The highest BCUT2D eigenvalue weighted by molar-refractivity contribution is 7.80. The molecule has 0 radical (unpaired) electrons. The molecule has 35 heavy (non-hydrogen) atoms. The first-order chi connectivity index (χ1) is 16.9. The van der Waals surface area contributed by atoms with E-state index in [9.17, 15) is 4.39 Å². The summed E-state index contributed by atoms with van der Waals surface area (Å²) in [7, 11) is 0. The number of nitrogens with zero attached hydrogens (tertiary/aromatic N) is 3. The zero-order valence-electron chi connectivity index (χ0n) is 20.4. The lowest BCUT2D eigenvalue weighted by molar-refractivity contribution is 0.564. The number of hydrogen-bond acceptors (Lipinski definition) is 2. The number of thiocarbonyl (C=S) groups is 1. The molecule has 2 atom stereocenters. The number of nitrogens with one attached hydrogen (secondary N) is 1. The van der Waals surface area contributed by atoms with E-state index in [1.54, 1.807) is 12.3 Å². The van der Waals surface area contributed by atoms with Crippen molar-refractivity contribution in [3.05, 3.63) is 113 Å². The van der Waals surface area contributed by atoms with Crippen molar-refractivity contribution in [2.75, 3.05) is 4.90 Å². The molecule has 1 aliphatic heterocycles. The van der Waals surface area contributed by atoms with Crippen LogP contribution in [0, 0.1) is 19.7 Å². The lowest BCUT2D eigenvalue weighted by Gasteiger charge is -2.28. The van der Waals surface area contributed by atoms with Gasteiger partial charge < -0.3 is 14.8 Å². The number of halogens is 1. The minimum Gasteiger partial charge on any atom is -0.351 e. The second-order valence-electron chi connectivity index (χ2n) is 9.36. The van der Waals surface area contributed by atoms with Gasteiger partial charge in [-0.25, -0.2) is 4.39 Å². The SMILES string of the molecule is Cc1cc([C@H]2[C@H](c3ccccn3)NC(=S)N2c2ccc(C(C)C)cc2)c(C)n1-c1ccccc1F. The minimum absolute atomic E-state index is 0.144. The monoisotopic (exact) mass is 484 g/mol. The van der Waals surface area contributed by atoms with Crippen LogP contribution in [0.5, 0.6) is 0 Å². The zero-order chi connectivity index (χ0) is 24.7. The molecule has 0 unspecified atom stereocenters. The Kier molecular flexibility index (Phi) is 6.15. The smallest absolute Gasteiger partial charge is 0.174 e. The van der Waals surface area contributed by atoms with Crippen molar-refractivity contribution in [2.45, 2.75) is 45.7 Å². The topological polar surface area (TPSA) is 33.1 Å². The molecule has 4 aromatic rings. The third kappa shape index (κ3) is 4.12. The number of para-hydroxylation sites is 1. The Morgan fingerprint density at radius 2 is 1.69 bits per heavy atom. The Morgan fingerprint density at radius 1 is 0.971 bits per heavy atom. The molecular weight excluding hydrogens is 455 g/mol. The van der Waals surface area contributed by atoms with Gasteiger partial charge in [0.1, 0.15) is 5.82 Å². The first-order valence-corrected chi connectivity index (χ1v) is 12.3. The lowest BCUT2D eigenvalue weighted by Crippen LogP contribution is -2.29. The van der Waals surface area contributed by atoms with E-state index in [0.717, 1.165) is 28.3 Å². The summed E-state index contributed by atoms with van der Waals surface area (Å²) in [6, 6.07) is 23.3. The summed E-state index contributed by atoms with van der Waals surface area (Å²) in [4.78, 5) is 6.82. The van der Waals surface area contributed by atoms with Gasteiger partial charge in [0, 0.05) is 23.3 Å². The summed E-state index contributed by atoms with van der Waals surface area (Å²) in [5.74, 6) is 0.202. The van der Waals surface area contributed by atoms with E-state index in [1.165, 1.54) is 11.6 Å². The van der Waals surface area contributed by atoms with Crippen LogP contribution in [-0.4, -0.2) is 14.7 Å². The van der Waals surface area contributed by atoms with Gasteiger partial charge in [-0.1, -0.05) is 44.2 Å². The molecule has 4 nitrogen and oxygen atoms in total. The molecule has 0 aliphatic carbocycles. The molecule has 5 rings (SSSR count). The van der Waals surface area contributed by atoms with E-state index in [-0.39, 0.29) is 17.9 Å². The van der Waals surface area contributed by atoms with Gasteiger partial charge in [0.25, 0.3) is 0 Å². The number of pyridine rings is 1. The maximum Gasteiger partial charge on any atom is 0.174 e. The Bertz CT molecular complexity index is 1360. The van der Waals surface area contributed by atoms with E-state index in [1.807, 2.05) is 48.7 Å². The predicted molar refractivity (Wildman–Crippen MR) is 144 cm³/mol. The van der Waals surface area contributed by atoms with Crippen LogP contribution in [-0.2, 0) is 0 Å². The van der Waals surface area contributed by atoms with Crippen molar-refractivity contribution in [1.82, 2.24) is 14.9 Å². The molecule has 3 heterocycles. The fraction of sp³-hybridized carbons (Fsp3) is 0.241. The van der Waals surface area contributed by atoms with Gasteiger partial charge in [-0.2, -0.15) is 0 Å². The van der Waals surface area contributed by atoms with E-state index < -0.39 is 0 Å². The zero-order valence-corrected chi connectivity index (χ0v) is 21.2. The summed E-state index contributed by atoms with van der Waals surface area (Å²) in [5, 5.41) is 4.17. The highest BCUT2D eigenvalue weighted by Gasteiger charge is 2.42. The van der Waals surface area contributed by atoms with Gasteiger partial charge in [0.2, 0.25) is 0 Å². The molecule has 6 heteroatoms. The van der Waals surface area contributed by atoms with Crippen molar-refractivity contribution >= 4 is 23.0 Å². The molecule has 0 saturated carbocycles. The van der Waals surface area contributed by atoms with Crippen molar-refractivity contribution < 1.29 is 4.39 Å². The van der Waals surface area contributed by atoms with Crippen LogP contribution in [0.4, 0.5) is 10.1 Å². The van der Waals surface area contributed by atoms with Gasteiger partial charge >= 0.3 is 0 Å². The standard InChI is InChI=1S/C29H29FN4S/c1-18(2)21-12-14-22(15-13-21)34-28(27(32-29(34)35)25-10-7-8-16-31-25)23-17-19(3)33(20(23)4)26-11-6-5-9-24(26)30/h5-18,27-28H,1-4H3,(H,32,35)/t27-,28-/m0/s1. The number of aryl methyl sites for hydroxylation is 1. The van der Waals surface area contributed by atoms with E-state index in [0.29, 0.717) is 16.7 Å². The van der Waals surface area contributed by atoms with Crippen molar-refractivity contribution in [2.24, 2.45) is 0 Å². The van der Waals surface area contributed by atoms with Gasteiger partial charge in [0.05, 0.1) is 23.5 Å². The fourth-order valence-electron chi connectivity index (χ4n) is 5.06. The van der Waals surface area contributed by atoms with E-state index in [4.69, 9.17) is 12.2 Å². The Labute approximate surface area is 211 Å². The molecule has 1 aliphatic rings. The summed E-state index contributed by atoms with van der Waals surface area (Å²) in [6.45, 7) is 8.44. The van der Waals surface area contributed by atoms with Crippen LogP contribution in [0.25, 0.3) is 5.69 Å². The maximum atomic E-state index is 14.8. The molecule has 0 bridgehead atoms. The van der Waals surface area contributed by atoms with Gasteiger partial charge in [0.15, 0.2) is 5.11 Å². The number of hydrogen-bond donors (Lipinski definition) is 1. The molecule has 0 spiro atoms. The fourth-order valence-corrected chi connectivity index (χ4v) is 5.41. The number of rotatable bonds is 5. The molecular formula is C29H29FN4S. The molecule has 1 fully saturated rings. The van der Waals surface area contributed by atoms with Crippen molar-refractivity contribution in [3.8, 4) is 5.69 Å². The van der Waals surface area contributed by atoms with Crippen LogP contribution in [0.3, 0.4) is 0 Å². The molecule has 0 amide bonds. The Morgan fingerprint density at radius 3 is 2.34 bits per heavy atom. The molecule has 178 valence electrons. The van der Waals surface area contributed by atoms with Gasteiger partial charge in [-0.3, -0.25) is 4.98 Å². The quantitative estimate of drug-likeness (QED) is 0.312. The van der Waals surface area contributed by atoms with Crippen LogP contribution < -0.4 is 10.2 Å². The summed E-state index contributed by atoms with van der Waals surface area (Å²) < 4.78 is 16.8. The van der Waals surface area contributed by atoms with Crippen LogP contribution in [0.1, 0.15) is 60.1 Å². The first-order valence-electron chi connectivity index (χ1n) is 11.9. The highest BCUT2D eigenvalue weighted by atomic mass is 32.1. The second kappa shape index (κ2) is 9.27. The average molecular weight is 485 g/mol. The first kappa shape index (κ1) is 23.2. The number of aromatic nitrogens is 2. The van der Waals surface area contributed by atoms with Crippen LogP contribution in [0.2, 0.25) is 0 Å². The molecule has 1 saturated heterocycles. The molecule has 2 aromatic carbocycles. The minimum atomic E-state index is -0.247. The molecule has 1 N–H and O–H groups in total. The van der Waals surface area contributed by atoms with E-state index in [2.05, 4.69) is 59.4 Å². The van der Waals surface area contributed by atoms with Crippen molar-refractivity contribution in [3.63, 3.8) is 0 Å². The third-order valence-corrected chi connectivity index (χ3v) is 7.13. The summed E-state index contributed by atoms with van der Waals surface area (Å²) >= 11 is 5.88. The van der Waals surface area contributed by atoms with Gasteiger partial charge in [-0.05, 0) is 85.6 Å². The van der Waals surface area contributed by atoms with Crippen molar-refractivity contribution in [1.29, 1.82) is 0 Å². The number of benzene rings is 2. The Hall–Kier alpha value is -3.51. The lowest BCUT2D eigenvalue weighted by atomic mass is 9.96. The number of anilines is 1. The maximum absolute atomic E-state index is 14.8. The normalized spacial score (nSPS) is 17.8. The van der Waals surface area contributed by atoms with Gasteiger partial charge in [-0.15, -0.1) is 0 Å².